The molecule has 1 aromatic carbocycles. The lowest BCUT2D eigenvalue weighted by Crippen LogP contribution is -2.15. The molecule has 0 saturated heterocycles. The van der Waals surface area contributed by atoms with Crippen molar-refractivity contribution in [1.82, 2.24) is 0 Å². The van der Waals surface area contributed by atoms with Gasteiger partial charge in [0.2, 0.25) is 0 Å². The first-order chi connectivity index (χ1) is 6.74. The minimum absolute atomic E-state index is 0. The van der Waals surface area contributed by atoms with E-state index in [0.29, 0.717) is 0 Å². The molecule has 0 heterocycles. The van der Waals surface area contributed by atoms with Crippen molar-refractivity contribution in [2.24, 2.45) is 0 Å². The highest BCUT2D eigenvalue weighted by Crippen LogP contribution is 2.17. The number of anilines is 1. The molecule has 86 valence electrons. The molecular formula is C7H12NO3PS3. The van der Waals surface area contributed by atoms with Crippen molar-refractivity contribution in [2.75, 3.05) is 12.1 Å². The maximum Gasteiger partial charge on any atom is 0.115 e. The molecule has 0 spiro atoms. The van der Waals surface area contributed by atoms with E-state index >= 15 is 0 Å². The fourth-order valence-electron chi connectivity index (χ4n) is 0.756. The van der Waals surface area contributed by atoms with Crippen LogP contribution < -0.4 is 5.06 Å². The standard InChI is InChI=1S/C7H9NO3S.HPS.H2S/c1-8(10-11-12)6-2-4-7(9)5-3-6;1-2;/h2-5,9,12H,1H3;1H;1H2. The molecule has 15 heavy (non-hydrogen) atoms. The lowest BCUT2D eigenvalue weighted by atomic mass is 10.3. The third-order valence-corrected chi connectivity index (χ3v) is 1.43. The predicted molar refractivity (Wildman–Crippen MR) is 73.7 cm³/mol. The van der Waals surface area contributed by atoms with E-state index in [1.165, 1.54) is 5.06 Å². The highest BCUT2D eigenvalue weighted by atomic mass is 32.4. The Bertz CT molecular complexity index is 262. The van der Waals surface area contributed by atoms with E-state index in [-0.39, 0.29) is 19.2 Å². The van der Waals surface area contributed by atoms with Crippen LogP contribution in [-0.4, -0.2) is 12.2 Å². The number of rotatable bonds is 3. The van der Waals surface area contributed by atoms with Gasteiger partial charge in [-0.15, -0.1) is 4.33 Å². The first kappa shape index (κ1) is 17.4. The highest BCUT2D eigenvalue weighted by molar-refractivity contribution is 7.88. The average Bonchev–Trinajstić information content (AvgIpc) is 2.22. The summed E-state index contributed by atoms with van der Waals surface area (Å²) in [4.78, 5) is 4.58. The van der Waals surface area contributed by atoms with Crippen LogP contribution >= 0.6 is 34.4 Å². The molecule has 0 aliphatic heterocycles. The summed E-state index contributed by atoms with van der Waals surface area (Å²) in [6.45, 7) is 0. The first-order valence-electron chi connectivity index (χ1n) is 3.45. The van der Waals surface area contributed by atoms with Gasteiger partial charge in [-0.1, -0.05) is 16.8 Å². The third-order valence-electron chi connectivity index (χ3n) is 1.36. The zero-order valence-electron chi connectivity index (χ0n) is 7.88. The van der Waals surface area contributed by atoms with Gasteiger partial charge in [0, 0.05) is 20.0 Å². The van der Waals surface area contributed by atoms with Gasteiger partial charge in [0.15, 0.2) is 0 Å². The molecule has 0 radical (unpaired) electrons. The van der Waals surface area contributed by atoms with Gasteiger partial charge in [0.25, 0.3) is 0 Å². The molecule has 1 aromatic rings. The van der Waals surface area contributed by atoms with Crippen LogP contribution in [0.3, 0.4) is 0 Å². The molecule has 0 fully saturated rings. The van der Waals surface area contributed by atoms with Gasteiger partial charge in [-0.25, -0.2) is 5.06 Å². The number of phenols is 1. The molecule has 0 aliphatic carbocycles. The predicted octanol–water partition coefficient (Wildman–Crippen LogP) is 2.24. The van der Waals surface area contributed by atoms with E-state index in [1.54, 1.807) is 31.3 Å². The molecule has 0 saturated carbocycles. The summed E-state index contributed by atoms with van der Waals surface area (Å²) in [7, 11) is 4.21. The van der Waals surface area contributed by atoms with Gasteiger partial charge < -0.3 is 5.11 Å². The van der Waals surface area contributed by atoms with E-state index < -0.39 is 0 Å². The fourth-order valence-corrected chi connectivity index (χ4v) is 0.856. The van der Waals surface area contributed by atoms with Crippen LogP contribution in [0.5, 0.6) is 5.75 Å². The van der Waals surface area contributed by atoms with Crippen molar-refractivity contribution in [1.29, 1.82) is 0 Å². The Labute approximate surface area is 108 Å². The van der Waals surface area contributed by atoms with Crippen molar-refractivity contribution in [3.8, 4) is 5.75 Å². The minimum atomic E-state index is 0. The average molecular weight is 285 g/mol. The molecule has 0 aromatic heterocycles. The van der Waals surface area contributed by atoms with E-state index in [0.717, 1.165) is 5.69 Å². The fraction of sp³-hybridized carbons (Fsp3) is 0.143. The van der Waals surface area contributed by atoms with Gasteiger partial charge in [-0.3, -0.25) is 0 Å². The summed E-state index contributed by atoms with van der Waals surface area (Å²) < 4.78 is 4.15. The van der Waals surface area contributed by atoms with E-state index in [2.05, 4.69) is 42.1 Å². The number of hydroxylamine groups is 1. The van der Waals surface area contributed by atoms with Crippen LogP contribution in [0.15, 0.2) is 24.3 Å². The molecule has 0 amide bonds. The molecule has 0 aliphatic rings. The number of hydrogen-bond acceptors (Lipinski definition) is 6. The summed E-state index contributed by atoms with van der Waals surface area (Å²) in [5, 5.41) is 10.3. The lowest BCUT2D eigenvalue weighted by Gasteiger charge is -2.14. The summed E-state index contributed by atoms with van der Waals surface area (Å²) >= 11 is 7.31. The van der Waals surface area contributed by atoms with Gasteiger partial charge in [0.05, 0.1) is 5.69 Å². The second kappa shape index (κ2) is 10.5. The van der Waals surface area contributed by atoms with Gasteiger partial charge in [0.1, 0.15) is 5.75 Å². The van der Waals surface area contributed by atoms with Gasteiger partial charge in [-0.2, -0.15) is 13.5 Å². The van der Waals surface area contributed by atoms with Crippen molar-refractivity contribution >= 4 is 51.9 Å². The summed E-state index contributed by atoms with van der Waals surface area (Å²) in [5.74, 6) is 0.207. The number of phenolic OH excluding ortho intramolecular Hbond substituents is 1. The molecule has 1 N–H and O–H groups in total. The Kier molecular flexibility index (Phi) is 12.1. The number of thiol groups is 1. The molecule has 0 bridgehead atoms. The van der Waals surface area contributed by atoms with Gasteiger partial charge in [-0.05, 0) is 32.3 Å². The Morgan fingerprint density at radius 1 is 1.33 bits per heavy atom. The molecule has 8 heteroatoms. The Morgan fingerprint density at radius 3 is 2.20 bits per heavy atom. The Hall–Kier alpha value is -0.0400. The largest absolute Gasteiger partial charge is 0.508 e. The van der Waals surface area contributed by atoms with Crippen LogP contribution in [0.25, 0.3) is 0 Å². The quantitative estimate of drug-likeness (QED) is 0.293. The SMILES string of the molecule is CN(OOS)c1ccc(O)cc1.P=S.S. The normalized spacial score (nSPS) is 8.13. The number of aromatic hydroxyl groups is 1. The first-order valence-corrected chi connectivity index (χ1v) is 5.45. The molecule has 0 atom stereocenters. The van der Waals surface area contributed by atoms with Crippen LogP contribution in [-0.2, 0) is 21.1 Å². The molecule has 1 rings (SSSR count). The number of benzene rings is 1. The third kappa shape index (κ3) is 6.94. The zero-order chi connectivity index (χ0) is 11.0. The van der Waals surface area contributed by atoms with Crippen LogP contribution in [0.2, 0.25) is 0 Å². The number of nitrogens with zero attached hydrogens (tertiary/aromatic N) is 1. The topological polar surface area (TPSA) is 41.9 Å². The van der Waals surface area contributed by atoms with Crippen molar-refractivity contribution in [3.63, 3.8) is 0 Å². The smallest absolute Gasteiger partial charge is 0.115 e. The lowest BCUT2D eigenvalue weighted by molar-refractivity contribution is -0.196. The maximum atomic E-state index is 8.96. The van der Waals surface area contributed by atoms with Crippen LogP contribution in [0, 0.1) is 0 Å². The molecule has 4 nitrogen and oxygen atoms in total. The summed E-state index contributed by atoms with van der Waals surface area (Å²) in [6, 6.07) is 6.46. The van der Waals surface area contributed by atoms with E-state index in [4.69, 9.17) is 5.11 Å². The summed E-state index contributed by atoms with van der Waals surface area (Å²) in [5.41, 5.74) is 0.752. The van der Waals surface area contributed by atoms with Crippen LogP contribution in [0.1, 0.15) is 0 Å². The zero-order valence-corrected chi connectivity index (χ0v) is 11.6. The second-order valence-electron chi connectivity index (χ2n) is 2.16. The molecular weight excluding hydrogens is 273 g/mol. The highest BCUT2D eigenvalue weighted by Gasteiger charge is 2.00. The summed E-state index contributed by atoms with van der Waals surface area (Å²) in [6.07, 6.45) is 0. The molecule has 0 unspecified atom stereocenters. The van der Waals surface area contributed by atoms with Gasteiger partial charge >= 0.3 is 0 Å². The van der Waals surface area contributed by atoms with E-state index in [9.17, 15) is 0 Å². The minimum Gasteiger partial charge on any atom is -0.508 e. The monoisotopic (exact) mass is 285 g/mol. The Balaban J connectivity index is 0. The maximum absolute atomic E-state index is 8.96. The van der Waals surface area contributed by atoms with Crippen LogP contribution in [0.4, 0.5) is 5.69 Å². The van der Waals surface area contributed by atoms with E-state index in [1.807, 2.05) is 0 Å². The van der Waals surface area contributed by atoms with Crippen molar-refractivity contribution in [2.45, 2.75) is 0 Å². The Morgan fingerprint density at radius 2 is 1.80 bits per heavy atom. The van der Waals surface area contributed by atoms with Crippen molar-refractivity contribution in [3.05, 3.63) is 24.3 Å². The number of hydrogen-bond donors (Lipinski definition) is 2. The van der Waals surface area contributed by atoms with Crippen molar-refractivity contribution < 1.29 is 14.4 Å². The second-order valence-corrected chi connectivity index (χ2v) is 2.31.